The van der Waals surface area contributed by atoms with E-state index in [9.17, 15) is 0 Å². The summed E-state index contributed by atoms with van der Waals surface area (Å²) in [6.07, 6.45) is 1.14. The summed E-state index contributed by atoms with van der Waals surface area (Å²) in [5.41, 5.74) is 4.40. The van der Waals surface area contributed by atoms with E-state index in [1.165, 1.54) is 16.7 Å². The van der Waals surface area contributed by atoms with E-state index in [0.29, 0.717) is 6.04 Å². The van der Waals surface area contributed by atoms with Gasteiger partial charge in [-0.05, 0) is 63.5 Å². The maximum Gasteiger partial charge on any atom is 0.0507 e. The second kappa shape index (κ2) is 7.95. The number of aryl methyl sites for hydroxylation is 1. The average Bonchev–Trinajstić information content (AvgIpc) is 2.49. The summed E-state index contributed by atoms with van der Waals surface area (Å²) in [5, 5.41) is 3.77. The molecule has 0 fully saturated rings. The summed E-state index contributed by atoms with van der Waals surface area (Å²) in [6, 6.07) is 7.07. The molecule has 0 bridgehead atoms. The van der Waals surface area contributed by atoms with Crippen LogP contribution in [-0.2, 0) is 0 Å². The van der Waals surface area contributed by atoms with E-state index in [1.54, 1.807) is 0 Å². The molecule has 0 heterocycles. The molecule has 0 amide bonds. The molecule has 1 N–H and O–H groups in total. The molecule has 0 radical (unpaired) electrons. The molecule has 0 saturated heterocycles. The van der Waals surface area contributed by atoms with Gasteiger partial charge in [-0.25, -0.2) is 0 Å². The van der Waals surface area contributed by atoms with Crippen LogP contribution < -0.4 is 5.32 Å². The van der Waals surface area contributed by atoms with Crippen LogP contribution in [0.1, 0.15) is 63.8 Å². The highest BCUT2D eigenvalue weighted by atomic mass is 15.2. The minimum absolute atomic E-state index is 0.137. The first-order chi connectivity index (χ1) is 9.96. The van der Waals surface area contributed by atoms with Gasteiger partial charge in [0.05, 0.1) is 6.04 Å². The fourth-order valence-corrected chi connectivity index (χ4v) is 3.51. The highest BCUT2D eigenvalue weighted by molar-refractivity contribution is 5.37. The number of nitrogens with zero attached hydrogens (tertiary/aromatic N) is 1. The quantitative estimate of drug-likeness (QED) is 0.760. The van der Waals surface area contributed by atoms with E-state index >= 15 is 0 Å². The van der Waals surface area contributed by atoms with E-state index in [4.69, 9.17) is 0 Å². The molecule has 0 aliphatic rings. The largest absolute Gasteiger partial charge is 0.309 e. The van der Waals surface area contributed by atoms with Crippen molar-refractivity contribution in [3.05, 3.63) is 34.9 Å². The molecule has 2 unspecified atom stereocenters. The third-order valence-corrected chi connectivity index (χ3v) is 5.19. The van der Waals surface area contributed by atoms with Gasteiger partial charge in [0, 0.05) is 5.54 Å². The summed E-state index contributed by atoms with van der Waals surface area (Å²) < 4.78 is 0. The second-order valence-electron chi connectivity index (χ2n) is 6.16. The summed E-state index contributed by atoms with van der Waals surface area (Å²) in [6.45, 7) is 19.1. The Morgan fingerprint density at radius 2 is 1.71 bits per heavy atom. The third kappa shape index (κ3) is 3.67. The first-order valence-electron chi connectivity index (χ1n) is 8.50. The van der Waals surface area contributed by atoms with Gasteiger partial charge < -0.3 is 5.32 Å². The lowest BCUT2D eigenvalue weighted by atomic mass is 9.80. The number of benzene rings is 1. The fourth-order valence-electron chi connectivity index (χ4n) is 3.51. The van der Waals surface area contributed by atoms with Crippen LogP contribution in [0.2, 0.25) is 0 Å². The number of hydrogen-bond acceptors (Lipinski definition) is 2. The Kier molecular flexibility index (Phi) is 6.89. The Bertz CT molecular complexity index is 437. The van der Waals surface area contributed by atoms with Crippen LogP contribution in [0.3, 0.4) is 0 Å². The minimum atomic E-state index is 0.137. The van der Waals surface area contributed by atoms with E-state index < -0.39 is 0 Å². The Labute approximate surface area is 131 Å². The monoisotopic (exact) mass is 290 g/mol. The van der Waals surface area contributed by atoms with Crippen LogP contribution in [0.15, 0.2) is 18.2 Å². The highest BCUT2D eigenvalue weighted by Crippen LogP contribution is 2.36. The number of likely N-dealkylation sites (N-methyl/N-ethyl adjacent to an activating group) is 2. The van der Waals surface area contributed by atoms with Crippen molar-refractivity contribution in [2.75, 3.05) is 19.6 Å². The molecular formula is C19H34N2. The molecule has 1 aromatic rings. The second-order valence-corrected chi connectivity index (χ2v) is 6.16. The van der Waals surface area contributed by atoms with Gasteiger partial charge in [0.1, 0.15) is 0 Å². The lowest BCUT2D eigenvalue weighted by Gasteiger charge is -2.46. The van der Waals surface area contributed by atoms with E-state index in [0.717, 1.165) is 26.1 Å². The Morgan fingerprint density at radius 1 is 1.10 bits per heavy atom. The molecule has 2 nitrogen and oxygen atoms in total. The molecule has 0 aromatic heterocycles. The third-order valence-electron chi connectivity index (χ3n) is 5.19. The van der Waals surface area contributed by atoms with Crippen molar-refractivity contribution in [3.63, 3.8) is 0 Å². The molecule has 0 aliphatic carbocycles. The van der Waals surface area contributed by atoms with Crippen molar-refractivity contribution in [3.8, 4) is 0 Å². The zero-order chi connectivity index (χ0) is 16.0. The van der Waals surface area contributed by atoms with Gasteiger partial charge in [-0.2, -0.15) is 0 Å². The Morgan fingerprint density at radius 3 is 2.19 bits per heavy atom. The molecule has 21 heavy (non-hydrogen) atoms. The van der Waals surface area contributed by atoms with Gasteiger partial charge >= 0.3 is 0 Å². The van der Waals surface area contributed by atoms with Crippen LogP contribution >= 0.6 is 0 Å². The topological polar surface area (TPSA) is 15.3 Å². The van der Waals surface area contributed by atoms with Crippen molar-refractivity contribution in [1.29, 1.82) is 0 Å². The number of nitrogens with one attached hydrogen (secondary N) is 1. The van der Waals surface area contributed by atoms with Gasteiger partial charge in [0.15, 0.2) is 0 Å². The van der Waals surface area contributed by atoms with Gasteiger partial charge in [-0.15, -0.1) is 0 Å². The van der Waals surface area contributed by atoms with E-state index in [-0.39, 0.29) is 5.54 Å². The van der Waals surface area contributed by atoms with Crippen LogP contribution in [0.25, 0.3) is 0 Å². The molecular weight excluding hydrogens is 256 g/mol. The molecule has 0 saturated carbocycles. The van der Waals surface area contributed by atoms with Crippen LogP contribution in [0.4, 0.5) is 0 Å². The van der Waals surface area contributed by atoms with Crippen LogP contribution in [0, 0.1) is 13.8 Å². The fraction of sp³-hybridized carbons (Fsp3) is 0.684. The molecule has 1 aromatic carbocycles. The first-order valence-corrected chi connectivity index (χ1v) is 8.50. The number of hydrogen-bond donors (Lipinski definition) is 1. The smallest absolute Gasteiger partial charge is 0.0507 e. The van der Waals surface area contributed by atoms with Gasteiger partial charge in [-0.3, -0.25) is 4.90 Å². The lowest BCUT2D eigenvalue weighted by Crippen LogP contribution is -2.54. The predicted molar refractivity (Wildman–Crippen MR) is 94.0 cm³/mol. The molecule has 0 spiro atoms. The van der Waals surface area contributed by atoms with Gasteiger partial charge in [0.2, 0.25) is 0 Å². The maximum absolute atomic E-state index is 3.77. The summed E-state index contributed by atoms with van der Waals surface area (Å²) in [7, 11) is 0. The maximum atomic E-state index is 3.77. The van der Waals surface area contributed by atoms with Crippen LogP contribution in [0.5, 0.6) is 0 Å². The molecule has 0 aliphatic heterocycles. The summed E-state index contributed by atoms with van der Waals surface area (Å²) in [4.78, 5) is 2.60. The zero-order valence-corrected chi connectivity index (χ0v) is 15.1. The predicted octanol–water partition coefficient (Wildman–Crippen LogP) is 4.46. The molecule has 2 heteroatoms. The van der Waals surface area contributed by atoms with Crippen molar-refractivity contribution in [1.82, 2.24) is 10.2 Å². The molecule has 1 rings (SSSR count). The average molecular weight is 290 g/mol. The van der Waals surface area contributed by atoms with E-state index in [1.807, 2.05) is 0 Å². The first kappa shape index (κ1) is 18.2. The normalized spacial score (nSPS) is 16.0. The zero-order valence-electron chi connectivity index (χ0n) is 15.1. The van der Waals surface area contributed by atoms with Crippen LogP contribution in [-0.4, -0.2) is 30.1 Å². The summed E-state index contributed by atoms with van der Waals surface area (Å²) in [5.74, 6) is 0. The van der Waals surface area contributed by atoms with Crippen molar-refractivity contribution in [2.45, 2.75) is 66.5 Å². The Balaban J connectivity index is 3.35. The van der Waals surface area contributed by atoms with Gasteiger partial charge in [0.25, 0.3) is 0 Å². The standard InChI is InChI=1S/C19H34N2/c1-8-19(7,21(10-3)11-4)18(20-9-2)17-14-12-13-15(5)16(17)6/h12-14,18,20H,8-11H2,1-7H3. The van der Waals surface area contributed by atoms with Crippen molar-refractivity contribution < 1.29 is 0 Å². The number of rotatable bonds is 8. The van der Waals surface area contributed by atoms with Gasteiger partial charge in [-0.1, -0.05) is 45.9 Å². The van der Waals surface area contributed by atoms with E-state index in [2.05, 4.69) is 76.9 Å². The highest BCUT2D eigenvalue weighted by Gasteiger charge is 2.38. The molecule has 2 atom stereocenters. The van der Waals surface area contributed by atoms with Crippen molar-refractivity contribution in [2.24, 2.45) is 0 Å². The summed E-state index contributed by atoms with van der Waals surface area (Å²) >= 11 is 0. The minimum Gasteiger partial charge on any atom is -0.309 e. The lowest BCUT2D eigenvalue weighted by molar-refractivity contribution is 0.0702. The Hall–Kier alpha value is -0.860. The van der Waals surface area contributed by atoms with Crippen molar-refractivity contribution >= 4 is 0 Å². The SMILES string of the molecule is CCNC(c1cccc(C)c1C)C(C)(CC)N(CC)CC. The molecule has 120 valence electrons.